The summed E-state index contributed by atoms with van der Waals surface area (Å²) >= 11 is 6.41. The molecule has 2 heterocycles. The lowest BCUT2D eigenvalue weighted by Crippen LogP contribution is -2.37. The van der Waals surface area contributed by atoms with Crippen LogP contribution in [0, 0.1) is 11.3 Å². The topological polar surface area (TPSA) is 64.4 Å². The number of aromatic nitrogens is 2. The molecule has 2 fully saturated rings. The van der Waals surface area contributed by atoms with Crippen molar-refractivity contribution in [2.45, 2.75) is 19.3 Å². The van der Waals surface area contributed by atoms with E-state index in [2.05, 4.69) is 5.10 Å². The molecule has 6 nitrogen and oxygen atoms in total. The highest BCUT2D eigenvalue weighted by Gasteiger charge is 2.55. The molecule has 1 saturated carbocycles. The number of esters is 1. The molecule has 26 heavy (non-hydrogen) atoms. The Balaban J connectivity index is 1.69. The normalized spacial score (nSPS) is 24.5. The van der Waals surface area contributed by atoms with E-state index in [-0.39, 0.29) is 22.5 Å². The molecule has 0 amide bonds. The van der Waals surface area contributed by atoms with E-state index in [1.54, 1.807) is 18.3 Å². The fraction of sp³-hybridized carbons (Fsp3) is 0.421. The van der Waals surface area contributed by atoms with Gasteiger partial charge >= 0.3 is 5.97 Å². The molecule has 0 bridgehead atoms. The van der Waals surface area contributed by atoms with Gasteiger partial charge < -0.3 is 9.64 Å². The van der Waals surface area contributed by atoms with Crippen molar-refractivity contribution < 1.29 is 9.53 Å². The van der Waals surface area contributed by atoms with E-state index in [0.29, 0.717) is 24.5 Å². The van der Waals surface area contributed by atoms with Gasteiger partial charge in [0.05, 0.1) is 30.1 Å². The number of hydrogen-bond acceptors (Lipinski definition) is 5. The molecule has 2 aromatic rings. The van der Waals surface area contributed by atoms with Crippen molar-refractivity contribution in [2.24, 2.45) is 11.3 Å². The molecule has 0 N–H and O–H groups in total. The maximum Gasteiger partial charge on any atom is 0.313 e. The van der Waals surface area contributed by atoms with Gasteiger partial charge in [-0.1, -0.05) is 36.2 Å². The van der Waals surface area contributed by atoms with Crippen LogP contribution in [0.3, 0.4) is 0 Å². The number of ether oxygens (including phenoxy) is 1. The largest absolute Gasteiger partial charge is 0.469 e. The number of carbonyl (C=O) groups is 1. The van der Waals surface area contributed by atoms with Crippen LogP contribution in [0.15, 0.2) is 41.3 Å². The quantitative estimate of drug-likeness (QED) is 0.774. The van der Waals surface area contributed by atoms with Crippen LogP contribution in [-0.4, -0.2) is 35.9 Å². The lowest BCUT2D eigenvalue weighted by Gasteiger charge is -2.26. The summed E-state index contributed by atoms with van der Waals surface area (Å²) in [6, 6.07) is 9.16. The van der Waals surface area contributed by atoms with Gasteiger partial charge in [-0.15, -0.1) is 0 Å². The Labute approximate surface area is 156 Å². The van der Waals surface area contributed by atoms with Crippen LogP contribution in [-0.2, 0) is 9.53 Å². The lowest BCUT2D eigenvalue weighted by molar-refractivity contribution is -0.152. The number of halogens is 1. The average molecular weight is 374 g/mol. The zero-order valence-corrected chi connectivity index (χ0v) is 15.3. The predicted octanol–water partition coefficient (Wildman–Crippen LogP) is 2.67. The Kier molecular flexibility index (Phi) is 4.23. The third-order valence-corrected chi connectivity index (χ3v) is 6.06. The zero-order valence-electron chi connectivity index (χ0n) is 14.5. The minimum absolute atomic E-state index is 0.129. The van der Waals surface area contributed by atoms with Gasteiger partial charge in [0.2, 0.25) is 0 Å². The van der Waals surface area contributed by atoms with Crippen molar-refractivity contribution in [2.75, 3.05) is 25.1 Å². The van der Waals surface area contributed by atoms with Gasteiger partial charge in [-0.25, -0.2) is 0 Å². The predicted molar refractivity (Wildman–Crippen MR) is 98.8 cm³/mol. The SMILES string of the molecule is COC(=O)C12CCCC1CN(c1cnn(-c3ccccc3)c(=O)c1Cl)C2. The van der Waals surface area contributed by atoms with Crippen LogP contribution in [0.25, 0.3) is 5.69 Å². The van der Waals surface area contributed by atoms with E-state index >= 15 is 0 Å². The maximum atomic E-state index is 12.7. The molecule has 1 aromatic heterocycles. The number of benzene rings is 1. The van der Waals surface area contributed by atoms with E-state index in [1.165, 1.54) is 11.8 Å². The number of methoxy groups -OCH3 is 1. The fourth-order valence-corrected chi connectivity index (χ4v) is 4.66. The van der Waals surface area contributed by atoms with Gasteiger partial charge in [0.15, 0.2) is 0 Å². The van der Waals surface area contributed by atoms with E-state index in [0.717, 1.165) is 19.3 Å². The molecule has 2 aliphatic rings. The van der Waals surface area contributed by atoms with Crippen LogP contribution in [0.2, 0.25) is 5.02 Å². The Hall–Kier alpha value is -2.34. The molecular formula is C19H20ClN3O3. The van der Waals surface area contributed by atoms with Crippen molar-refractivity contribution in [1.82, 2.24) is 9.78 Å². The summed E-state index contributed by atoms with van der Waals surface area (Å²) in [5, 5.41) is 4.43. The number of anilines is 1. The van der Waals surface area contributed by atoms with Crippen molar-refractivity contribution in [1.29, 1.82) is 0 Å². The highest BCUT2D eigenvalue weighted by Crippen LogP contribution is 2.50. The Bertz CT molecular complexity index is 899. The summed E-state index contributed by atoms with van der Waals surface area (Å²) in [6.45, 7) is 1.20. The third kappa shape index (κ3) is 2.51. The molecule has 0 radical (unpaired) electrons. The van der Waals surface area contributed by atoms with Crippen LogP contribution in [0.1, 0.15) is 19.3 Å². The molecule has 1 aromatic carbocycles. The molecule has 4 rings (SSSR count). The summed E-state index contributed by atoms with van der Waals surface area (Å²) in [4.78, 5) is 27.1. The third-order valence-electron chi connectivity index (χ3n) is 5.70. The fourth-order valence-electron chi connectivity index (χ4n) is 4.41. The summed E-state index contributed by atoms with van der Waals surface area (Å²) in [7, 11) is 1.44. The second kappa shape index (κ2) is 6.43. The van der Waals surface area contributed by atoms with Crippen molar-refractivity contribution in [3.63, 3.8) is 0 Å². The van der Waals surface area contributed by atoms with E-state index in [1.807, 2.05) is 23.1 Å². The van der Waals surface area contributed by atoms with Gasteiger partial charge in [-0.05, 0) is 30.9 Å². The van der Waals surface area contributed by atoms with Crippen LogP contribution in [0.5, 0.6) is 0 Å². The van der Waals surface area contributed by atoms with Gasteiger partial charge in [0.25, 0.3) is 5.56 Å². The maximum absolute atomic E-state index is 12.7. The Morgan fingerprint density at radius 1 is 1.35 bits per heavy atom. The van der Waals surface area contributed by atoms with Crippen LogP contribution >= 0.6 is 11.6 Å². The highest BCUT2D eigenvalue weighted by molar-refractivity contribution is 6.33. The number of para-hydroxylation sites is 1. The zero-order chi connectivity index (χ0) is 18.3. The molecule has 1 aliphatic heterocycles. The summed E-state index contributed by atoms with van der Waals surface area (Å²) < 4.78 is 6.36. The number of carbonyl (C=O) groups excluding carboxylic acids is 1. The van der Waals surface area contributed by atoms with Gasteiger partial charge in [-0.2, -0.15) is 9.78 Å². The number of hydrogen-bond donors (Lipinski definition) is 0. The number of fused-ring (bicyclic) bond motifs is 1. The van der Waals surface area contributed by atoms with Gasteiger partial charge in [0.1, 0.15) is 5.02 Å². The first-order valence-electron chi connectivity index (χ1n) is 8.73. The minimum atomic E-state index is -0.494. The molecular weight excluding hydrogens is 354 g/mol. The molecule has 0 spiro atoms. The van der Waals surface area contributed by atoms with E-state index in [9.17, 15) is 9.59 Å². The molecule has 1 saturated heterocycles. The monoisotopic (exact) mass is 373 g/mol. The van der Waals surface area contributed by atoms with Crippen LogP contribution < -0.4 is 10.5 Å². The van der Waals surface area contributed by atoms with Crippen molar-refractivity contribution in [3.8, 4) is 5.69 Å². The molecule has 7 heteroatoms. The Morgan fingerprint density at radius 2 is 2.12 bits per heavy atom. The van der Waals surface area contributed by atoms with E-state index in [4.69, 9.17) is 16.3 Å². The second-order valence-corrected chi connectivity index (χ2v) is 7.39. The van der Waals surface area contributed by atoms with Crippen molar-refractivity contribution in [3.05, 3.63) is 51.9 Å². The number of rotatable bonds is 3. The number of nitrogens with zero attached hydrogens (tertiary/aromatic N) is 3. The average Bonchev–Trinajstić information content (AvgIpc) is 3.22. The standard InChI is InChI=1S/C19H20ClN3O3/c1-26-18(25)19-9-5-6-13(19)11-22(12-19)15-10-21-23(17(24)16(15)20)14-7-3-2-4-8-14/h2-4,7-8,10,13H,5-6,9,11-12H2,1H3. The van der Waals surface area contributed by atoms with Crippen molar-refractivity contribution >= 4 is 23.3 Å². The van der Waals surface area contributed by atoms with E-state index < -0.39 is 5.41 Å². The van der Waals surface area contributed by atoms with Gasteiger partial charge in [0, 0.05) is 13.1 Å². The second-order valence-electron chi connectivity index (χ2n) is 7.01. The Morgan fingerprint density at radius 3 is 2.85 bits per heavy atom. The molecule has 1 aliphatic carbocycles. The molecule has 2 unspecified atom stereocenters. The first kappa shape index (κ1) is 17.1. The molecule has 2 atom stereocenters. The minimum Gasteiger partial charge on any atom is -0.469 e. The smallest absolute Gasteiger partial charge is 0.313 e. The summed E-state index contributed by atoms with van der Waals surface area (Å²) in [5.74, 6) is 0.0618. The van der Waals surface area contributed by atoms with Gasteiger partial charge in [-0.3, -0.25) is 9.59 Å². The summed E-state index contributed by atoms with van der Waals surface area (Å²) in [6.07, 6.45) is 4.43. The lowest BCUT2D eigenvalue weighted by atomic mass is 9.81. The van der Waals surface area contributed by atoms with Crippen LogP contribution in [0.4, 0.5) is 5.69 Å². The highest BCUT2D eigenvalue weighted by atomic mass is 35.5. The first-order chi connectivity index (χ1) is 12.6. The summed E-state index contributed by atoms with van der Waals surface area (Å²) in [5.41, 5.74) is 0.392. The first-order valence-corrected chi connectivity index (χ1v) is 9.11. The molecule has 136 valence electrons.